The lowest BCUT2D eigenvalue weighted by atomic mass is 10.00. The highest BCUT2D eigenvalue weighted by Gasteiger charge is 2.26. The monoisotopic (exact) mass is 295 g/mol. The average molecular weight is 295 g/mol. The van der Waals surface area contributed by atoms with Gasteiger partial charge in [-0.1, -0.05) is 18.2 Å². The van der Waals surface area contributed by atoms with Crippen molar-refractivity contribution in [2.45, 2.75) is 23.8 Å². The zero-order chi connectivity index (χ0) is 14.4. The molecule has 0 amide bonds. The number of hydrogen-bond donors (Lipinski definition) is 0. The molecular formula is C16H25NO2S. The summed E-state index contributed by atoms with van der Waals surface area (Å²) in [6.07, 6.45) is 0. The van der Waals surface area contributed by atoms with Gasteiger partial charge in [0.2, 0.25) is 0 Å². The third-order valence-electron chi connectivity index (χ3n) is 3.87. The molecule has 20 heavy (non-hydrogen) atoms. The molecule has 1 aromatic carbocycles. The van der Waals surface area contributed by atoms with Gasteiger partial charge in [-0.25, -0.2) is 0 Å². The van der Waals surface area contributed by atoms with E-state index in [1.165, 1.54) is 16.2 Å². The second-order valence-corrected chi connectivity index (χ2v) is 6.40. The second kappa shape index (κ2) is 8.03. The minimum Gasteiger partial charge on any atom is -0.383 e. The van der Waals surface area contributed by atoms with Gasteiger partial charge >= 0.3 is 0 Å². The Balaban J connectivity index is 2.00. The molecule has 0 fully saturated rings. The van der Waals surface area contributed by atoms with Gasteiger partial charge in [-0.05, 0) is 18.6 Å². The fourth-order valence-corrected chi connectivity index (χ4v) is 3.95. The van der Waals surface area contributed by atoms with Crippen LogP contribution >= 0.6 is 11.8 Å². The number of benzene rings is 1. The summed E-state index contributed by atoms with van der Waals surface area (Å²) in [6, 6.07) is 9.21. The Morgan fingerprint density at radius 3 is 2.85 bits per heavy atom. The predicted molar refractivity (Wildman–Crippen MR) is 84.7 cm³/mol. The normalized spacial score (nSPS) is 19.3. The number of ether oxygens (including phenoxy) is 2. The van der Waals surface area contributed by atoms with Crippen LogP contribution in [0.3, 0.4) is 0 Å². The molecule has 0 aromatic heterocycles. The van der Waals surface area contributed by atoms with Gasteiger partial charge < -0.3 is 9.47 Å². The maximum absolute atomic E-state index is 5.31. The molecule has 2 unspecified atom stereocenters. The van der Waals surface area contributed by atoms with Crippen molar-refractivity contribution in [2.75, 3.05) is 46.3 Å². The van der Waals surface area contributed by atoms with Gasteiger partial charge in [0, 0.05) is 49.9 Å². The SMILES string of the molecule is COCCN(CC1CSc2ccccc21)C(C)COC. The number of rotatable bonds is 8. The first-order valence-electron chi connectivity index (χ1n) is 7.20. The van der Waals surface area contributed by atoms with Crippen LogP contribution in [-0.4, -0.2) is 57.2 Å². The quantitative estimate of drug-likeness (QED) is 0.735. The first kappa shape index (κ1) is 15.8. The summed E-state index contributed by atoms with van der Waals surface area (Å²) in [7, 11) is 3.53. The number of methoxy groups -OCH3 is 2. The van der Waals surface area contributed by atoms with Gasteiger partial charge in [0.25, 0.3) is 0 Å². The van der Waals surface area contributed by atoms with Crippen molar-refractivity contribution in [3.8, 4) is 0 Å². The van der Waals surface area contributed by atoms with Crippen LogP contribution in [0, 0.1) is 0 Å². The zero-order valence-electron chi connectivity index (χ0n) is 12.7. The van der Waals surface area contributed by atoms with Gasteiger partial charge in [0.15, 0.2) is 0 Å². The molecular weight excluding hydrogens is 270 g/mol. The maximum atomic E-state index is 5.31. The van der Waals surface area contributed by atoms with Crippen LogP contribution in [0.15, 0.2) is 29.2 Å². The van der Waals surface area contributed by atoms with E-state index < -0.39 is 0 Å². The summed E-state index contributed by atoms with van der Waals surface area (Å²) in [6.45, 7) is 5.82. The first-order chi connectivity index (χ1) is 9.76. The van der Waals surface area contributed by atoms with Gasteiger partial charge in [-0.15, -0.1) is 11.8 Å². The molecule has 1 aromatic rings. The smallest absolute Gasteiger partial charge is 0.0615 e. The fourth-order valence-electron chi connectivity index (χ4n) is 2.71. The van der Waals surface area contributed by atoms with E-state index in [4.69, 9.17) is 9.47 Å². The molecule has 0 bridgehead atoms. The van der Waals surface area contributed by atoms with Crippen molar-refractivity contribution >= 4 is 11.8 Å². The molecule has 0 spiro atoms. The highest BCUT2D eigenvalue weighted by Crippen LogP contribution is 2.39. The van der Waals surface area contributed by atoms with Crippen LogP contribution < -0.4 is 0 Å². The molecule has 0 radical (unpaired) electrons. The molecule has 0 aliphatic carbocycles. The summed E-state index contributed by atoms with van der Waals surface area (Å²) in [5.41, 5.74) is 1.50. The molecule has 4 heteroatoms. The molecule has 1 aliphatic rings. The lowest BCUT2D eigenvalue weighted by molar-refractivity contribution is 0.0724. The third kappa shape index (κ3) is 3.98. The predicted octanol–water partition coefficient (Wildman–Crippen LogP) is 2.86. The van der Waals surface area contributed by atoms with E-state index in [1.54, 1.807) is 14.2 Å². The Hall–Kier alpha value is -0.550. The lowest BCUT2D eigenvalue weighted by Gasteiger charge is -2.31. The fraction of sp³-hybridized carbons (Fsp3) is 0.625. The lowest BCUT2D eigenvalue weighted by Crippen LogP contribution is -2.41. The summed E-state index contributed by atoms with van der Waals surface area (Å²) < 4.78 is 10.6. The third-order valence-corrected chi connectivity index (χ3v) is 5.12. The van der Waals surface area contributed by atoms with Gasteiger partial charge in [0.1, 0.15) is 0 Å². The van der Waals surface area contributed by atoms with Crippen molar-refractivity contribution in [3.63, 3.8) is 0 Å². The van der Waals surface area contributed by atoms with Crippen LogP contribution in [0.1, 0.15) is 18.4 Å². The Morgan fingerprint density at radius 1 is 1.30 bits per heavy atom. The molecule has 112 valence electrons. The number of thioether (sulfide) groups is 1. The highest BCUT2D eigenvalue weighted by atomic mass is 32.2. The molecule has 1 heterocycles. The Kier molecular flexibility index (Phi) is 6.36. The minimum absolute atomic E-state index is 0.424. The summed E-state index contributed by atoms with van der Waals surface area (Å²) in [5.74, 6) is 1.80. The molecule has 1 aliphatic heterocycles. The van der Waals surface area contributed by atoms with Crippen LogP contribution in [0.4, 0.5) is 0 Å². The van der Waals surface area contributed by atoms with E-state index >= 15 is 0 Å². The standard InChI is InChI=1S/C16H25NO2S/c1-13(11-19-3)17(8-9-18-2)10-14-12-20-16-7-5-4-6-15(14)16/h4-7,13-14H,8-12H2,1-3H3. The van der Waals surface area contributed by atoms with Gasteiger partial charge in [-0.2, -0.15) is 0 Å². The van der Waals surface area contributed by atoms with Gasteiger partial charge in [0.05, 0.1) is 13.2 Å². The molecule has 0 saturated carbocycles. The topological polar surface area (TPSA) is 21.7 Å². The molecule has 0 saturated heterocycles. The van der Waals surface area contributed by atoms with Crippen molar-refractivity contribution in [2.24, 2.45) is 0 Å². The molecule has 0 N–H and O–H groups in total. The van der Waals surface area contributed by atoms with Crippen LogP contribution in [0.25, 0.3) is 0 Å². The zero-order valence-corrected chi connectivity index (χ0v) is 13.5. The van der Waals surface area contributed by atoms with Crippen LogP contribution in [-0.2, 0) is 9.47 Å². The van der Waals surface area contributed by atoms with Crippen molar-refractivity contribution in [1.29, 1.82) is 0 Å². The van der Waals surface area contributed by atoms with E-state index in [1.807, 2.05) is 11.8 Å². The largest absolute Gasteiger partial charge is 0.383 e. The van der Waals surface area contributed by atoms with E-state index in [0.717, 1.165) is 26.3 Å². The second-order valence-electron chi connectivity index (χ2n) is 5.34. The number of hydrogen-bond acceptors (Lipinski definition) is 4. The Bertz CT molecular complexity index is 413. The van der Waals surface area contributed by atoms with E-state index in [2.05, 4.69) is 36.1 Å². The van der Waals surface area contributed by atoms with Crippen molar-refractivity contribution in [1.82, 2.24) is 4.90 Å². The van der Waals surface area contributed by atoms with Crippen LogP contribution in [0.2, 0.25) is 0 Å². The minimum atomic E-state index is 0.424. The first-order valence-corrected chi connectivity index (χ1v) is 8.18. The molecule has 2 rings (SSSR count). The summed E-state index contributed by atoms with van der Waals surface area (Å²) >= 11 is 1.98. The molecule has 3 nitrogen and oxygen atoms in total. The van der Waals surface area contributed by atoms with E-state index in [0.29, 0.717) is 12.0 Å². The number of fused-ring (bicyclic) bond motifs is 1. The summed E-state index contributed by atoms with van der Waals surface area (Å²) in [5, 5.41) is 0. The maximum Gasteiger partial charge on any atom is 0.0615 e. The Labute approximate surface area is 126 Å². The van der Waals surface area contributed by atoms with Crippen molar-refractivity contribution < 1.29 is 9.47 Å². The van der Waals surface area contributed by atoms with Crippen molar-refractivity contribution in [3.05, 3.63) is 29.8 Å². The molecule has 2 atom stereocenters. The van der Waals surface area contributed by atoms with E-state index in [9.17, 15) is 0 Å². The van der Waals surface area contributed by atoms with E-state index in [-0.39, 0.29) is 0 Å². The Morgan fingerprint density at radius 2 is 2.10 bits per heavy atom. The average Bonchev–Trinajstić information content (AvgIpc) is 2.87. The van der Waals surface area contributed by atoms with Crippen LogP contribution in [0.5, 0.6) is 0 Å². The van der Waals surface area contributed by atoms with Gasteiger partial charge in [-0.3, -0.25) is 4.90 Å². The number of nitrogens with zero attached hydrogens (tertiary/aromatic N) is 1. The summed E-state index contributed by atoms with van der Waals surface area (Å²) in [4.78, 5) is 3.93. The highest BCUT2D eigenvalue weighted by molar-refractivity contribution is 7.99.